The van der Waals surface area contributed by atoms with Crippen molar-refractivity contribution >= 4 is 63.3 Å². The van der Waals surface area contributed by atoms with E-state index >= 15 is 0 Å². The Bertz CT molecular complexity index is 2850. The molecule has 3 heterocycles. The molecule has 1 saturated heterocycles. The first kappa shape index (κ1) is 49.7. The number of aromatic nitrogens is 1. The van der Waals surface area contributed by atoms with Crippen molar-refractivity contribution in [2.45, 2.75) is 29.7 Å². The zero-order valence-corrected chi connectivity index (χ0v) is 41.5. The topological polar surface area (TPSA) is 150 Å². The third-order valence-electron chi connectivity index (χ3n) is 12.0. The quantitative estimate of drug-likeness (QED) is 0.00977. The molecule has 0 saturated carbocycles. The number of hydrogen-bond donors (Lipinski definition) is 2. The number of carbonyl (C=O) groups excluding carboxylic acids is 3. The Balaban J connectivity index is 0.986. The number of thiazole rings is 1. The zero-order valence-electron chi connectivity index (χ0n) is 39.1. The highest BCUT2D eigenvalue weighted by atomic mass is 35.5. The van der Waals surface area contributed by atoms with Gasteiger partial charge >= 0.3 is 5.97 Å². The fraction of sp³-hybridized carbons (Fsp3) is 0.196. The van der Waals surface area contributed by atoms with Crippen LogP contribution >= 0.6 is 34.7 Å². The van der Waals surface area contributed by atoms with Gasteiger partial charge in [-0.3, -0.25) is 14.5 Å². The second-order valence-corrected chi connectivity index (χ2v) is 18.8. The molecule has 9 rings (SSSR count). The number of carbonyl (C=O) groups is 3. The number of ether oxygens (including phenoxy) is 4. The van der Waals surface area contributed by atoms with Gasteiger partial charge in [-0.1, -0.05) is 169 Å². The van der Waals surface area contributed by atoms with Crippen LogP contribution in [0.15, 0.2) is 198 Å². The summed E-state index contributed by atoms with van der Waals surface area (Å²) >= 11 is 9.13. The van der Waals surface area contributed by atoms with Gasteiger partial charge in [-0.15, -0.1) is 34.7 Å². The molecule has 2 amide bonds. The highest BCUT2D eigenvalue weighted by Gasteiger charge is 2.55. The maximum Gasteiger partial charge on any atom is 0.356 e. The monoisotopic (exact) mass is 1020 g/mol. The summed E-state index contributed by atoms with van der Waals surface area (Å²) in [6.45, 7) is 0.919. The van der Waals surface area contributed by atoms with Crippen molar-refractivity contribution in [2.24, 2.45) is 5.16 Å². The number of rotatable bonds is 22. The van der Waals surface area contributed by atoms with E-state index in [-0.39, 0.29) is 36.4 Å². The van der Waals surface area contributed by atoms with Crippen LogP contribution in [-0.4, -0.2) is 83.5 Å². The summed E-state index contributed by atoms with van der Waals surface area (Å²) in [6, 6.07) is 55.2. The minimum atomic E-state index is -1.03. The van der Waals surface area contributed by atoms with E-state index in [9.17, 15) is 14.4 Å². The number of hydrogen-bond acceptors (Lipinski definition) is 13. The first-order valence-electron chi connectivity index (χ1n) is 23.1. The molecular weight excluding hydrogens is 970 g/mol. The van der Waals surface area contributed by atoms with Crippen LogP contribution in [0.5, 0.6) is 5.75 Å². The first-order valence-corrected chi connectivity index (χ1v) is 25.6. The minimum Gasteiger partial charge on any atom is -0.468 e. The third-order valence-corrected chi connectivity index (χ3v) is 14.5. The van der Waals surface area contributed by atoms with E-state index in [4.69, 9.17) is 40.4 Å². The average Bonchev–Trinajstić information content (AvgIpc) is 3.90. The van der Waals surface area contributed by atoms with Gasteiger partial charge < -0.3 is 34.4 Å². The van der Waals surface area contributed by atoms with Crippen LogP contribution in [0.25, 0.3) is 0 Å². The molecule has 2 aliphatic heterocycles. The lowest BCUT2D eigenvalue weighted by Gasteiger charge is -2.49. The molecule has 0 unspecified atom stereocenters. The van der Waals surface area contributed by atoms with Gasteiger partial charge in [0, 0.05) is 24.1 Å². The molecular formula is C56H50ClN5O8S2. The summed E-state index contributed by atoms with van der Waals surface area (Å²) in [7, 11) is 1.60. The van der Waals surface area contributed by atoms with Gasteiger partial charge in [-0.05, 0) is 51.1 Å². The molecule has 2 atom stereocenters. The van der Waals surface area contributed by atoms with Crippen LogP contribution in [0, 0.1) is 0 Å². The Morgan fingerprint density at radius 3 is 1.92 bits per heavy atom. The van der Waals surface area contributed by atoms with Gasteiger partial charge in [0.2, 0.25) is 0 Å². The number of β-lactam (4-membered cyclic amide) rings is 1. The molecule has 6 aromatic carbocycles. The molecule has 2 aliphatic rings. The molecule has 72 heavy (non-hydrogen) atoms. The first-order chi connectivity index (χ1) is 35.4. The Kier molecular flexibility index (Phi) is 16.4. The van der Waals surface area contributed by atoms with Crippen molar-refractivity contribution in [1.82, 2.24) is 15.2 Å². The molecule has 0 spiro atoms. The summed E-state index contributed by atoms with van der Waals surface area (Å²) in [5, 5.41) is 12.6. The van der Waals surface area contributed by atoms with Gasteiger partial charge in [0.15, 0.2) is 23.7 Å². The van der Waals surface area contributed by atoms with Gasteiger partial charge in [0.05, 0.1) is 13.2 Å². The molecule has 7 aromatic rings. The lowest BCUT2D eigenvalue weighted by molar-refractivity contribution is -0.154. The smallest absolute Gasteiger partial charge is 0.356 e. The van der Waals surface area contributed by atoms with Crippen LogP contribution in [0.2, 0.25) is 0 Å². The number of thioether (sulfide) groups is 1. The molecule has 0 aliphatic carbocycles. The second-order valence-electron chi connectivity index (χ2n) is 16.6. The maximum absolute atomic E-state index is 14.7. The Morgan fingerprint density at radius 1 is 0.792 bits per heavy atom. The van der Waals surface area contributed by atoms with E-state index in [1.165, 1.54) is 28.0 Å². The number of benzene rings is 6. The molecule has 2 N–H and O–H groups in total. The van der Waals surface area contributed by atoms with E-state index in [0.29, 0.717) is 35.4 Å². The number of anilines is 1. The summed E-state index contributed by atoms with van der Waals surface area (Å²) in [5.74, 6) is -0.976. The van der Waals surface area contributed by atoms with E-state index in [0.717, 1.165) is 33.4 Å². The number of amides is 2. The summed E-state index contributed by atoms with van der Waals surface area (Å²) in [4.78, 5) is 55.5. The Hall–Kier alpha value is -7.27. The number of alkyl halides is 1. The number of methoxy groups -OCH3 is 1. The summed E-state index contributed by atoms with van der Waals surface area (Å²) < 4.78 is 22.3. The largest absolute Gasteiger partial charge is 0.468 e. The van der Waals surface area contributed by atoms with Crippen LogP contribution in [0.4, 0.5) is 5.13 Å². The van der Waals surface area contributed by atoms with Crippen LogP contribution < -0.4 is 15.4 Å². The zero-order chi connectivity index (χ0) is 49.7. The molecule has 16 heteroatoms. The Labute approximate surface area is 430 Å². The predicted molar refractivity (Wildman–Crippen MR) is 280 cm³/mol. The van der Waals surface area contributed by atoms with Crippen molar-refractivity contribution in [3.63, 3.8) is 0 Å². The average molecular weight is 1020 g/mol. The minimum absolute atomic E-state index is 0.000208. The highest BCUT2D eigenvalue weighted by Crippen LogP contribution is 2.43. The van der Waals surface area contributed by atoms with E-state index in [1.54, 1.807) is 24.6 Å². The molecule has 1 aromatic heterocycles. The van der Waals surface area contributed by atoms with Gasteiger partial charge in [-0.2, -0.15) is 0 Å². The number of oxime groups is 1. The number of nitrogens with one attached hydrogen (secondary N) is 2. The van der Waals surface area contributed by atoms with E-state index < -0.39 is 40.8 Å². The van der Waals surface area contributed by atoms with Crippen LogP contribution in [0.3, 0.4) is 0 Å². The Morgan fingerprint density at radius 2 is 1.36 bits per heavy atom. The molecule has 1 fully saturated rings. The van der Waals surface area contributed by atoms with E-state index in [2.05, 4.69) is 52.2 Å². The summed E-state index contributed by atoms with van der Waals surface area (Å²) in [6.07, 6.45) is -0.754. The fourth-order valence-corrected chi connectivity index (χ4v) is 10.9. The van der Waals surface area contributed by atoms with Gasteiger partial charge in [0.1, 0.15) is 40.7 Å². The lowest BCUT2D eigenvalue weighted by Crippen LogP contribution is -2.71. The SMILES string of the molecule is COCCOCOc1ccc(CO/N=C(/C(=O)N[C@@H]2C(=O)N3C(C(=O)OC(c4ccccc4)c4ccccc4)=C(CCl)CS[C@H]23)c2csc(NC(c3ccccc3)(c3ccccc3)c3ccccc3)n2)cc1. The standard InChI is InChI=1S/C56H50ClN5O8S2/c1-66-31-32-67-37-68-45-29-27-38(28-30-45)34-69-61-47(46-36-72-55(58-46)60-56(42-21-11-4-12-22-42,43-23-13-5-14-24-43)44-25-15-6-16-26-44)51(63)59-48-52(64)62-49(41(33-57)35-71-53(48)62)54(65)70-50(39-17-7-2-8-18-39)40-19-9-3-10-20-40/h2-30,36,48,50,53H,31-35,37H2,1H3,(H,58,60)(H,59,63)/b61-47+/t48-,53-/m1/s1. The number of nitrogens with zero attached hydrogens (tertiary/aromatic N) is 3. The van der Waals surface area contributed by atoms with E-state index in [1.807, 2.05) is 127 Å². The maximum atomic E-state index is 14.7. The van der Waals surface area contributed by atoms with Gasteiger partial charge in [-0.25, -0.2) is 9.78 Å². The van der Waals surface area contributed by atoms with Crippen LogP contribution in [0.1, 0.15) is 45.2 Å². The fourth-order valence-electron chi connectivity index (χ4n) is 8.48. The number of halogens is 1. The highest BCUT2D eigenvalue weighted by molar-refractivity contribution is 8.00. The third kappa shape index (κ3) is 11.1. The van der Waals surface area contributed by atoms with Crippen molar-refractivity contribution in [2.75, 3.05) is 44.1 Å². The van der Waals surface area contributed by atoms with Crippen molar-refractivity contribution in [3.8, 4) is 5.75 Å². The van der Waals surface area contributed by atoms with Crippen LogP contribution in [-0.2, 0) is 45.6 Å². The molecule has 0 bridgehead atoms. The van der Waals surface area contributed by atoms with Gasteiger partial charge in [0.25, 0.3) is 11.8 Å². The number of fused-ring (bicyclic) bond motifs is 1. The summed E-state index contributed by atoms with van der Waals surface area (Å²) in [5.41, 5.74) is 4.93. The van der Waals surface area contributed by atoms with Crippen molar-refractivity contribution in [3.05, 3.63) is 232 Å². The second kappa shape index (κ2) is 23.8. The number of esters is 1. The molecule has 366 valence electrons. The molecule has 13 nitrogen and oxygen atoms in total. The molecule has 0 radical (unpaired) electrons. The predicted octanol–water partition coefficient (Wildman–Crippen LogP) is 9.69. The van der Waals surface area contributed by atoms with Crippen molar-refractivity contribution in [1.29, 1.82) is 0 Å². The lowest BCUT2D eigenvalue weighted by atomic mass is 9.77. The normalized spacial score (nSPS) is 15.6. The van der Waals surface area contributed by atoms with Crippen molar-refractivity contribution < 1.29 is 38.2 Å².